The largest absolute Gasteiger partial charge is 0.364 e. The molecule has 1 N–H and O–H groups in total. The minimum absolute atomic E-state index is 0.579. The van der Waals surface area contributed by atoms with E-state index in [0.717, 1.165) is 20.9 Å². The zero-order chi connectivity index (χ0) is 12.9. The van der Waals surface area contributed by atoms with Gasteiger partial charge in [-0.1, -0.05) is 47.5 Å². The summed E-state index contributed by atoms with van der Waals surface area (Å²) < 4.78 is 5.77. The van der Waals surface area contributed by atoms with Gasteiger partial charge in [-0.05, 0) is 12.8 Å². The van der Waals surface area contributed by atoms with E-state index in [1.165, 1.54) is 32.1 Å². The Morgan fingerprint density at radius 3 is 3.00 bits per heavy atom. The molecule has 0 saturated heterocycles. The third kappa shape index (κ3) is 3.70. The van der Waals surface area contributed by atoms with Gasteiger partial charge in [0.25, 0.3) is 0 Å². The Morgan fingerprint density at radius 2 is 2.21 bits per heavy atom. The molecule has 0 aromatic carbocycles. The average Bonchev–Trinajstić information content (AvgIpc) is 3.09. The lowest BCUT2D eigenvalue weighted by Crippen LogP contribution is -2.21. The molecule has 1 aliphatic rings. The number of thioether (sulfide) groups is 1. The number of nitrogens with one attached hydrogen (secondary N) is 1. The second kappa shape index (κ2) is 6.38. The molecule has 2 heterocycles. The number of hydrogen-bond acceptors (Lipinski definition) is 7. The Bertz CT molecular complexity index is 494. The summed E-state index contributed by atoms with van der Waals surface area (Å²) in [6, 6.07) is 2.45. The van der Waals surface area contributed by atoms with Gasteiger partial charge in [0.2, 0.25) is 5.13 Å². The van der Waals surface area contributed by atoms with Crippen LogP contribution in [-0.2, 0) is 5.75 Å². The molecule has 0 atom stereocenters. The van der Waals surface area contributed by atoms with Crippen molar-refractivity contribution in [3.63, 3.8) is 0 Å². The van der Waals surface area contributed by atoms with Crippen molar-refractivity contribution >= 4 is 28.2 Å². The summed E-state index contributed by atoms with van der Waals surface area (Å²) in [6.45, 7) is 0. The van der Waals surface area contributed by atoms with Crippen LogP contribution in [0.1, 0.15) is 37.8 Å². The summed E-state index contributed by atoms with van der Waals surface area (Å²) in [5.41, 5.74) is 0.932. The number of rotatable bonds is 5. The van der Waals surface area contributed by atoms with Gasteiger partial charge < -0.3 is 9.84 Å². The summed E-state index contributed by atoms with van der Waals surface area (Å²) >= 11 is 3.26. The Morgan fingerprint density at radius 1 is 1.32 bits per heavy atom. The summed E-state index contributed by atoms with van der Waals surface area (Å²) in [5, 5.41) is 16.7. The van der Waals surface area contributed by atoms with Crippen LogP contribution in [-0.4, -0.2) is 21.4 Å². The Hall–Kier alpha value is -1.08. The first-order chi connectivity index (χ1) is 9.40. The maximum absolute atomic E-state index is 4.80. The van der Waals surface area contributed by atoms with Gasteiger partial charge in [-0.15, -0.1) is 10.2 Å². The van der Waals surface area contributed by atoms with Crippen LogP contribution in [0.3, 0.4) is 0 Å². The van der Waals surface area contributed by atoms with E-state index in [9.17, 15) is 0 Å². The van der Waals surface area contributed by atoms with Crippen molar-refractivity contribution in [2.45, 2.75) is 48.2 Å². The zero-order valence-corrected chi connectivity index (χ0v) is 12.2. The van der Waals surface area contributed by atoms with E-state index >= 15 is 0 Å². The highest BCUT2D eigenvalue weighted by molar-refractivity contribution is 8.00. The number of nitrogens with zero attached hydrogens (tertiary/aromatic N) is 3. The molecule has 0 radical (unpaired) electrons. The monoisotopic (exact) mass is 296 g/mol. The lowest BCUT2D eigenvalue weighted by Gasteiger charge is -2.21. The third-order valence-electron chi connectivity index (χ3n) is 3.17. The first-order valence-corrected chi connectivity index (χ1v) is 8.32. The number of hydrogen-bond donors (Lipinski definition) is 1. The number of anilines is 1. The van der Waals surface area contributed by atoms with Crippen LogP contribution in [0, 0.1) is 0 Å². The van der Waals surface area contributed by atoms with Gasteiger partial charge in [0, 0.05) is 17.9 Å². The average molecular weight is 296 g/mol. The topological polar surface area (TPSA) is 63.8 Å². The van der Waals surface area contributed by atoms with Gasteiger partial charge in [0.15, 0.2) is 4.34 Å². The van der Waals surface area contributed by atoms with Crippen LogP contribution < -0.4 is 5.32 Å². The molecule has 2 aromatic rings. The molecule has 1 fully saturated rings. The molecule has 0 spiro atoms. The molecule has 7 heteroatoms. The molecular formula is C12H16N4OS2. The minimum atomic E-state index is 0.579. The molecule has 0 amide bonds. The van der Waals surface area contributed by atoms with Crippen molar-refractivity contribution < 1.29 is 4.52 Å². The van der Waals surface area contributed by atoms with Crippen molar-refractivity contribution in [1.82, 2.24) is 15.4 Å². The highest BCUT2D eigenvalue weighted by atomic mass is 32.2. The Kier molecular flexibility index (Phi) is 4.34. The maximum atomic E-state index is 4.80. The van der Waals surface area contributed by atoms with E-state index in [2.05, 4.69) is 20.7 Å². The molecule has 1 saturated carbocycles. The minimum Gasteiger partial charge on any atom is -0.364 e. The molecule has 0 unspecified atom stereocenters. The predicted molar refractivity (Wildman–Crippen MR) is 76.5 cm³/mol. The van der Waals surface area contributed by atoms with E-state index in [4.69, 9.17) is 4.52 Å². The smallest absolute Gasteiger partial charge is 0.206 e. The third-order valence-corrected chi connectivity index (χ3v) is 5.20. The quantitative estimate of drug-likeness (QED) is 0.851. The van der Waals surface area contributed by atoms with Crippen LogP contribution in [0.15, 0.2) is 21.2 Å². The molecule has 3 rings (SSSR count). The van der Waals surface area contributed by atoms with Gasteiger partial charge >= 0.3 is 0 Å². The van der Waals surface area contributed by atoms with Crippen molar-refractivity contribution in [2.75, 3.05) is 5.32 Å². The maximum Gasteiger partial charge on any atom is 0.206 e. The molecule has 0 bridgehead atoms. The second-order valence-electron chi connectivity index (χ2n) is 4.63. The van der Waals surface area contributed by atoms with E-state index in [1.807, 2.05) is 6.07 Å². The zero-order valence-electron chi connectivity index (χ0n) is 10.5. The van der Waals surface area contributed by atoms with Gasteiger partial charge in [0.1, 0.15) is 6.26 Å². The predicted octanol–water partition coefficient (Wildman–Crippen LogP) is 3.56. The van der Waals surface area contributed by atoms with Gasteiger partial charge in [0.05, 0.1) is 5.69 Å². The van der Waals surface area contributed by atoms with E-state index < -0.39 is 0 Å². The van der Waals surface area contributed by atoms with E-state index in [-0.39, 0.29) is 0 Å². The van der Waals surface area contributed by atoms with Gasteiger partial charge in [-0.2, -0.15) is 0 Å². The molecule has 19 heavy (non-hydrogen) atoms. The Balaban J connectivity index is 1.51. The van der Waals surface area contributed by atoms with Crippen molar-refractivity contribution in [2.24, 2.45) is 0 Å². The summed E-state index contributed by atoms with van der Waals surface area (Å²) in [5.74, 6) is 0.772. The second-order valence-corrected chi connectivity index (χ2v) is 6.83. The fourth-order valence-corrected chi connectivity index (χ4v) is 3.92. The molecule has 102 valence electrons. The molecule has 1 aliphatic carbocycles. The van der Waals surface area contributed by atoms with Crippen molar-refractivity contribution in [3.05, 3.63) is 18.0 Å². The van der Waals surface area contributed by atoms with E-state index in [1.54, 1.807) is 29.4 Å². The lowest BCUT2D eigenvalue weighted by atomic mass is 9.96. The summed E-state index contributed by atoms with van der Waals surface area (Å²) in [7, 11) is 0. The van der Waals surface area contributed by atoms with Crippen LogP contribution in [0.25, 0.3) is 0 Å². The highest BCUT2D eigenvalue weighted by Gasteiger charge is 2.15. The van der Waals surface area contributed by atoms with Crippen LogP contribution >= 0.6 is 23.1 Å². The normalized spacial score (nSPS) is 16.6. The SMILES string of the molecule is c1cc(CSc2nnc(NC3CCCCC3)s2)no1. The van der Waals surface area contributed by atoms with Crippen molar-refractivity contribution in [3.8, 4) is 0 Å². The fraction of sp³-hybridized carbons (Fsp3) is 0.583. The fourth-order valence-electron chi connectivity index (χ4n) is 2.20. The summed E-state index contributed by atoms with van der Waals surface area (Å²) in [4.78, 5) is 0. The van der Waals surface area contributed by atoms with Crippen LogP contribution in [0.2, 0.25) is 0 Å². The van der Waals surface area contributed by atoms with Crippen LogP contribution in [0.4, 0.5) is 5.13 Å². The number of aromatic nitrogens is 3. The molecular weight excluding hydrogens is 280 g/mol. The van der Waals surface area contributed by atoms with Crippen molar-refractivity contribution in [1.29, 1.82) is 0 Å². The van der Waals surface area contributed by atoms with Gasteiger partial charge in [-0.25, -0.2) is 0 Å². The standard InChI is InChI=1S/C12H16N4OS2/c1-2-4-9(5-3-1)13-11-14-15-12(19-11)18-8-10-6-7-17-16-10/h6-7,9H,1-5,8H2,(H,13,14). The Labute approximate surface area is 120 Å². The first-order valence-electron chi connectivity index (χ1n) is 6.52. The highest BCUT2D eigenvalue weighted by Crippen LogP contribution is 2.29. The summed E-state index contributed by atoms with van der Waals surface area (Å²) in [6.07, 6.45) is 8.11. The lowest BCUT2D eigenvalue weighted by molar-refractivity contribution is 0.414. The van der Waals surface area contributed by atoms with E-state index in [0.29, 0.717) is 6.04 Å². The molecule has 0 aliphatic heterocycles. The van der Waals surface area contributed by atoms with Gasteiger partial charge in [-0.3, -0.25) is 0 Å². The first kappa shape index (κ1) is 12.9. The molecule has 2 aromatic heterocycles. The van der Waals surface area contributed by atoms with Crippen LogP contribution in [0.5, 0.6) is 0 Å². The molecule has 5 nitrogen and oxygen atoms in total.